The molecule has 3 rings (SSSR count). The molecule has 0 aliphatic carbocycles. The Kier molecular flexibility index (Phi) is 4.21. The highest BCUT2D eigenvalue weighted by Gasteiger charge is 2.16. The first-order valence-corrected chi connectivity index (χ1v) is 7.58. The van der Waals surface area contributed by atoms with E-state index in [1.807, 2.05) is 14.1 Å². The van der Waals surface area contributed by atoms with Crippen molar-refractivity contribution >= 4 is 10.9 Å². The van der Waals surface area contributed by atoms with Crippen LogP contribution in [-0.4, -0.2) is 33.5 Å². The Bertz CT molecular complexity index is 868. The minimum absolute atomic E-state index is 0.0311. The predicted molar refractivity (Wildman–Crippen MR) is 91.4 cm³/mol. The molecular formula is C18H20N4O. The zero-order valence-electron chi connectivity index (χ0n) is 13.6. The Morgan fingerprint density at radius 3 is 2.61 bits per heavy atom. The molecule has 0 fully saturated rings. The lowest BCUT2D eigenvalue weighted by Gasteiger charge is -2.25. The van der Waals surface area contributed by atoms with Crippen LogP contribution in [-0.2, 0) is 6.54 Å². The molecule has 0 unspecified atom stereocenters. The largest absolute Gasteiger partial charge is 0.301 e. The lowest BCUT2D eigenvalue weighted by Crippen LogP contribution is -2.30. The van der Waals surface area contributed by atoms with Crippen molar-refractivity contribution in [2.45, 2.75) is 19.5 Å². The zero-order chi connectivity index (χ0) is 16.4. The molecule has 118 valence electrons. The van der Waals surface area contributed by atoms with Gasteiger partial charge in [-0.3, -0.25) is 14.3 Å². The highest BCUT2D eigenvalue weighted by Crippen LogP contribution is 2.20. The van der Waals surface area contributed by atoms with Crippen LogP contribution in [0, 0.1) is 6.92 Å². The fourth-order valence-electron chi connectivity index (χ4n) is 2.68. The third kappa shape index (κ3) is 3.14. The van der Waals surface area contributed by atoms with Gasteiger partial charge in [0.1, 0.15) is 0 Å². The van der Waals surface area contributed by atoms with Crippen molar-refractivity contribution in [1.82, 2.24) is 19.4 Å². The molecule has 3 aromatic rings. The maximum atomic E-state index is 12.6. The standard InChI is InChI=1S/C18H20N4O/c1-13-4-6-14(7-5-13)17(21(2)3)11-22-12-20-16-10-19-9-8-15(16)18(22)23/h4-10,12,17H,11H2,1-3H3/t17-/m1/s1. The van der Waals surface area contributed by atoms with Gasteiger partial charge >= 0.3 is 0 Å². The highest BCUT2D eigenvalue weighted by atomic mass is 16.1. The van der Waals surface area contributed by atoms with Crippen LogP contribution in [0.4, 0.5) is 0 Å². The van der Waals surface area contributed by atoms with E-state index in [0.717, 1.165) is 0 Å². The van der Waals surface area contributed by atoms with Crippen LogP contribution in [0.1, 0.15) is 17.2 Å². The highest BCUT2D eigenvalue weighted by molar-refractivity contribution is 5.75. The third-order valence-electron chi connectivity index (χ3n) is 4.08. The van der Waals surface area contributed by atoms with Crippen molar-refractivity contribution in [3.8, 4) is 0 Å². The van der Waals surface area contributed by atoms with Gasteiger partial charge in [0.15, 0.2) is 0 Å². The summed E-state index contributed by atoms with van der Waals surface area (Å²) >= 11 is 0. The van der Waals surface area contributed by atoms with Gasteiger partial charge in [0.25, 0.3) is 5.56 Å². The first kappa shape index (κ1) is 15.4. The number of hydrogen-bond acceptors (Lipinski definition) is 4. The summed E-state index contributed by atoms with van der Waals surface area (Å²) in [5.41, 5.74) is 3.01. The van der Waals surface area contributed by atoms with Gasteiger partial charge in [-0.25, -0.2) is 4.98 Å². The number of hydrogen-bond donors (Lipinski definition) is 0. The normalized spacial score (nSPS) is 12.7. The molecule has 23 heavy (non-hydrogen) atoms. The lowest BCUT2D eigenvalue weighted by molar-refractivity contribution is 0.266. The minimum Gasteiger partial charge on any atom is -0.301 e. The van der Waals surface area contributed by atoms with Crippen LogP contribution in [0.3, 0.4) is 0 Å². The van der Waals surface area contributed by atoms with E-state index in [1.165, 1.54) is 11.1 Å². The van der Waals surface area contributed by atoms with E-state index < -0.39 is 0 Å². The van der Waals surface area contributed by atoms with Gasteiger partial charge in [-0.2, -0.15) is 0 Å². The second kappa shape index (κ2) is 6.30. The quantitative estimate of drug-likeness (QED) is 0.742. The van der Waals surface area contributed by atoms with E-state index >= 15 is 0 Å². The average molecular weight is 308 g/mol. The smallest absolute Gasteiger partial charge is 0.261 e. The summed E-state index contributed by atoms with van der Waals surface area (Å²) in [4.78, 5) is 23.1. The molecule has 0 radical (unpaired) electrons. The van der Waals surface area contributed by atoms with Crippen LogP contribution < -0.4 is 5.56 Å². The van der Waals surface area contributed by atoms with Crippen LogP contribution in [0.2, 0.25) is 0 Å². The molecule has 0 aliphatic rings. The van der Waals surface area contributed by atoms with Crippen LogP contribution >= 0.6 is 0 Å². The van der Waals surface area contributed by atoms with Crippen molar-refractivity contribution in [3.63, 3.8) is 0 Å². The first-order valence-electron chi connectivity index (χ1n) is 7.58. The van der Waals surface area contributed by atoms with E-state index in [0.29, 0.717) is 17.4 Å². The number of benzene rings is 1. The molecular weight excluding hydrogens is 288 g/mol. The van der Waals surface area contributed by atoms with Crippen molar-refractivity contribution in [2.24, 2.45) is 0 Å². The van der Waals surface area contributed by atoms with E-state index in [4.69, 9.17) is 0 Å². The molecule has 1 aromatic carbocycles. The minimum atomic E-state index is -0.0311. The summed E-state index contributed by atoms with van der Waals surface area (Å²) in [5, 5.41) is 0.601. The van der Waals surface area contributed by atoms with Gasteiger partial charge in [0, 0.05) is 12.7 Å². The molecule has 0 saturated heterocycles. The Hall–Kier alpha value is -2.53. The molecule has 2 aromatic heterocycles. The fraction of sp³-hybridized carbons (Fsp3) is 0.278. The van der Waals surface area contributed by atoms with Crippen molar-refractivity contribution in [2.75, 3.05) is 14.1 Å². The van der Waals surface area contributed by atoms with E-state index in [-0.39, 0.29) is 11.6 Å². The molecule has 2 heterocycles. The monoisotopic (exact) mass is 308 g/mol. The molecule has 0 amide bonds. The SMILES string of the molecule is Cc1ccc([C@@H](Cn2cnc3cnccc3c2=O)N(C)C)cc1. The molecule has 5 nitrogen and oxygen atoms in total. The average Bonchev–Trinajstić information content (AvgIpc) is 2.55. The van der Waals surface area contributed by atoms with E-state index in [9.17, 15) is 4.79 Å². The maximum Gasteiger partial charge on any atom is 0.261 e. The number of fused-ring (bicyclic) bond motifs is 1. The van der Waals surface area contributed by atoms with E-state index in [2.05, 4.69) is 46.1 Å². The van der Waals surface area contributed by atoms with Crippen molar-refractivity contribution in [3.05, 3.63) is 70.5 Å². The van der Waals surface area contributed by atoms with Crippen molar-refractivity contribution in [1.29, 1.82) is 0 Å². The van der Waals surface area contributed by atoms with Gasteiger partial charge in [0.2, 0.25) is 0 Å². The third-order valence-corrected chi connectivity index (χ3v) is 4.08. The van der Waals surface area contributed by atoms with Crippen LogP contribution in [0.25, 0.3) is 10.9 Å². The summed E-state index contributed by atoms with van der Waals surface area (Å²) in [6.07, 6.45) is 4.85. The van der Waals surface area contributed by atoms with Crippen molar-refractivity contribution < 1.29 is 0 Å². The Morgan fingerprint density at radius 1 is 1.17 bits per heavy atom. The Balaban J connectivity index is 1.99. The second-order valence-electron chi connectivity index (χ2n) is 5.99. The maximum absolute atomic E-state index is 12.6. The topological polar surface area (TPSA) is 51.0 Å². The van der Waals surface area contributed by atoms with Crippen LogP contribution in [0.15, 0.2) is 53.8 Å². The summed E-state index contributed by atoms with van der Waals surface area (Å²) in [6, 6.07) is 10.2. The summed E-state index contributed by atoms with van der Waals surface area (Å²) in [7, 11) is 4.04. The fourth-order valence-corrected chi connectivity index (χ4v) is 2.68. The number of aryl methyl sites for hydroxylation is 1. The zero-order valence-corrected chi connectivity index (χ0v) is 13.6. The summed E-state index contributed by atoms with van der Waals surface area (Å²) in [5.74, 6) is 0. The number of pyridine rings is 1. The van der Waals surface area contributed by atoms with Gasteiger partial charge in [-0.15, -0.1) is 0 Å². The molecule has 0 aliphatic heterocycles. The molecule has 5 heteroatoms. The van der Waals surface area contributed by atoms with Crippen LogP contribution in [0.5, 0.6) is 0 Å². The number of nitrogens with zero attached hydrogens (tertiary/aromatic N) is 4. The Morgan fingerprint density at radius 2 is 1.91 bits per heavy atom. The van der Waals surface area contributed by atoms with Gasteiger partial charge in [-0.05, 0) is 32.6 Å². The molecule has 0 saturated carbocycles. The number of aromatic nitrogens is 3. The second-order valence-corrected chi connectivity index (χ2v) is 5.99. The number of likely N-dealkylation sites (N-methyl/N-ethyl adjacent to an activating group) is 1. The van der Waals surface area contributed by atoms with E-state index in [1.54, 1.807) is 29.4 Å². The molecule has 1 atom stereocenters. The summed E-state index contributed by atoms with van der Waals surface area (Å²) in [6.45, 7) is 2.63. The van der Waals surface area contributed by atoms with Gasteiger partial charge in [-0.1, -0.05) is 29.8 Å². The molecule has 0 spiro atoms. The first-order chi connectivity index (χ1) is 11.1. The lowest BCUT2D eigenvalue weighted by atomic mass is 10.0. The van der Waals surface area contributed by atoms with Gasteiger partial charge in [0.05, 0.1) is 29.5 Å². The number of rotatable bonds is 4. The summed E-state index contributed by atoms with van der Waals surface area (Å²) < 4.78 is 1.67. The molecule has 0 N–H and O–H groups in total. The Labute approximate surface area is 135 Å². The van der Waals surface area contributed by atoms with Gasteiger partial charge < -0.3 is 4.90 Å². The molecule has 0 bridgehead atoms. The predicted octanol–water partition coefficient (Wildman–Crippen LogP) is 2.40.